The number of rotatable bonds is 5. The summed E-state index contributed by atoms with van der Waals surface area (Å²) in [6.45, 7) is -0.0771. The molecule has 0 aromatic heterocycles. The van der Waals surface area contributed by atoms with Crippen LogP contribution in [0.4, 0.5) is 23.2 Å². The van der Waals surface area contributed by atoms with Crippen LogP contribution in [0.2, 0.25) is 0 Å². The molecule has 0 unspecified atom stereocenters. The fourth-order valence-corrected chi connectivity index (χ4v) is 5.25. The van der Waals surface area contributed by atoms with Crippen molar-refractivity contribution in [3.63, 3.8) is 0 Å². The van der Waals surface area contributed by atoms with Gasteiger partial charge in [0, 0.05) is 12.2 Å². The monoisotopic (exact) mass is 494 g/mol. The lowest BCUT2D eigenvalue weighted by molar-refractivity contribution is -0.274. The van der Waals surface area contributed by atoms with Gasteiger partial charge in [0.2, 0.25) is 15.9 Å². The molecule has 0 spiro atoms. The molecule has 3 aromatic carbocycles. The van der Waals surface area contributed by atoms with Crippen LogP contribution in [0.1, 0.15) is 11.1 Å². The Morgan fingerprint density at radius 3 is 2.18 bits per heavy atom. The summed E-state index contributed by atoms with van der Waals surface area (Å²) in [6.07, 6.45) is -4.77. The molecule has 0 aliphatic carbocycles. The Morgan fingerprint density at radius 1 is 0.941 bits per heavy atom. The highest BCUT2D eigenvalue weighted by Crippen LogP contribution is 2.30. The first-order chi connectivity index (χ1) is 16.0. The van der Waals surface area contributed by atoms with Gasteiger partial charge in [-0.3, -0.25) is 4.79 Å². The average Bonchev–Trinajstić information content (AvgIpc) is 2.79. The SMILES string of the molecule is O=C(Nc1ccc(OC(F)(F)F)cc1)[C@H]1Cc2ccccc2CN1S(=O)(=O)c1ccc(F)cc1. The Bertz CT molecular complexity index is 1290. The van der Waals surface area contributed by atoms with E-state index in [9.17, 15) is 30.8 Å². The van der Waals surface area contributed by atoms with Crippen molar-refractivity contribution in [2.24, 2.45) is 0 Å². The van der Waals surface area contributed by atoms with Crippen molar-refractivity contribution >= 4 is 21.6 Å². The lowest BCUT2D eigenvalue weighted by Crippen LogP contribution is -2.50. The lowest BCUT2D eigenvalue weighted by atomic mass is 9.95. The third-order valence-corrected chi connectivity index (χ3v) is 7.15. The van der Waals surface area contributed by atoms with Gasteiger partial charge in [-0.15, -0.1) is 13.2 Å². The number of hydrogen-bond acceptors (Lipinski definition) is 4. The largest absolute Gasteiger partial charge is 0.573 e. The molecule has 1 aliphatic heterocycles. The normalized spacial score (nSPS) is 16.5. The summed E-state index contributed by atoms with van der Waals surface area (Å²) < 4.78 is 82.0. The van der Waals surface area contributed by atoms with Gasteiger partial charge in [-0.25, -0.2) is 12.8 Å². The Balaban J connectivity index is 1.62. The van der Waals surface area contributed by atoms with Crippen molar-refractivity contribution < 1.29 is 35.5 Å². The molecule has 0 fully saturated rings. The van der Waals surface area contributed by atoms with Crippen molar-refractivity contribution in [1.82, 2.24) is 4.31 Å². The topological polar surface area (TPSA) is 75.7 Å². The van der Waals surface area contributed by atoms with Crippen LogP contribution in [0, 0.1) is 5.82 Å². The molecule has 1 aliphatic rings. The summed E-state index contributed by atoms with van der Waals surface area (Å²) in [7, 11) is -4.17. The van der Waals surface area contributed by atoms with E-state index < -0.39 is 39.9 Å². The fourth-order valence-electron chi connectivity index (χ4n) is 3.68. The van der Waals surface area contributed by atoms with Gasteiger partial charge in [-0.05, 0) is 66.1 Å². The summed E-state index contributed by atoms with van der Waals surface area (Å²) in [4.78, 5) is 13.0. The zero-order chi connectivity index (χ0) is 24.5. The molecule has 178 valence electrons. The molecule has 34 heavy (non-hydrogen) atoms. The van der Waals surface area contributed by atoms with Crippen LogP contribution in [-0.4, -0.2) is 31.0 Å². The number of nitrogens with one attached hydrogen (secondary N) is 1. The fraction of sp³-hybridized carbons (Fsp3) is 0.174. The number of anilines is 1. The van der Waals surface area contributed by atoms with Gasteiger partial charge in [-0.1, -0.05) is 24.3 Å². The van der Waals surface area contributed by atoms with Crippen LogP contribution < -0.4 is 10.1 Å². The molecule has 4 rings (SSSR count). The van der Waals surface area contributed by atoms with Gasteiger partial charge < -0.3 is 10.1 Å². The van der Waals surface area contributed by atoms with E-state index in [0.29, 0.717) is 0 Å². The molecule has 3 aromatic rings. The number of nitrogens with zero attached hydrogens (tertiary/aromatic N) is 1. The molecule has 0 saturated heterocycles. The second kappa shape index (κ2) is 9.07. The van der Waals surface area contributed by atoms with Gasteiger partial charge >= 0.3 is 6.36 Å². The molecule has 11 heteroatoms. The van der Waals surface area contributed by atoms with Crippen LogP contribution in [0.25, 0.3) is 0 Å². The number of carbonyl (C=O) groups excluding carboxylic acids is 1. The minimum Gasteiger partial charge on any atom is -0.406 e. The average molecular weight is 494 g/mol. The van der Waals surface area contributed by atoms with Crippen molar-refractivity contribution in [2.45, 2.75) is 30.3 Å². The maximum absolute atomic E-state index is 13.4. The number of alkyl halides is 3. The molecular formula is C23H18F4N2O4S. The third kappa shape index (κ3) is 5.20. The van der Waals surface area contributed by atoms with E-state index in [2.05, 4.69) is 10.1 Å². The van der Waals surface area contributed by atoms with Crippen LogP contribution in [0.3, 0.4) is 0 Å². The minimum atomic E-state index is -4.85. The van der Waals surface area contributed by atoms with E-state index in [1.54, 1.807) is 24.3 Å². The van der Waals surface area contributed by atoms with Gasteiger partial charge in [0.1, 0.15) is 17.6 Å². The highest BCUT2D eigenvalue weighted by Gasteiger charge is 2.39. The van der Waals surface area contributed by atoms with Gasteiger partial charge in [0.15, 0.2) is 0 Å². The number of amides is 1. The number of carbonyl (C=O) groups is 1. The Labute approximate surface area is 192 Å². The van der Waals surface area contributed by atoms with Crippen LogP contribution in [0.15, 0.2) is 77.7 Å². The maximum Gasteiger partial charge on any atom is 0.573 e. The summed E-state index contributed by atoms with van der Waals surface area (Å²) in [6, 6.07) is 14.7. The predicted molar refractivity (Wildman–Crippen MR) is 115 cm³/mol. The van der Waals surface area contributed by atoms with E-state index >= 15 is 0 Å². The van der Waals surface area contributed by atoms with E-state index in [4.69, 9.17) is 0 Å². The molecular weight excluding hydrogens is 476 g/mol. The first kappa shape index (κ1) is 23.7. The van der Waals surface area contributed by atoms with Crippen LogP contribution >= 0.6 is 0 Å². The van der Waals surface area contributed by atoms with E-state index in [0.717, 1.165) is 51.8 Å². The van der Waals surface area contributed by atoms with Gasteiger partial charge in [0.05, 0.1) is 4.90 Å². The van der Waals surface area contributed by atoms with Crippen molar-refractivity contribution in [3.05, 3.63) is 89.7 Å². The summed E-state index contributed by atoms with van der Waals surface area (Å²) in [5.74, 6) is -1.72. The molecule has 0 radical (unpaired) electrons. The van der Waals surface area contributed by atoms with Crippen LogP contribution in [0.5, 0.6) is 5.75 Å². The number of halogens is 4. The molecule has 1 heterocycles. The van der Waals surface area contributed by atoms with E-state index in [1.165, 1.54) is 12.1 Å². The van der Waals surface area contributed by atoms with Gasteiger partial charge in [0.25, 0.3) is 0 Å². The van der Waals surface area contributed by atoms with E-state index in [-0.39, 0.29) is 23.5 Å². The first-order valence-corrected chi connectivity index (χ1v) is 11.5. The predicted octanol–water partition coefficient (Wildman–Crippen LogP) is 4.48. The number of sulfonamides is 1. The smallest absolute Gasteiger partial charge is 0.406 e. The quantitative estimate of drug-likeness (QED) is 0.531. The summed E-state index contributed by atoms with van der Waals surface area (Å²) >= 11 is 0. The number of hydrogen-bond donors (Lipinski definition) is 1. The highest BCUT2D eigenvalue weighted by molar-refractivity contribution is 7.89. The molecule has 6 nitrogen and oxygen atoms in total. The standard InChI is InChI=1S/C23H18F4N2O4S/c24-17-5-11-20(12-6-17)34(31,32)29-14-16-4-2-1-3-15(16)13-21(29)22(30)28-18-7-9-19(10-8-18)33-23(25,26)27/h1-12,21H,13-14H2,(H,28,30)/t21-/m1/s1. The molecule has 0 saturated carbocycles. The van der Waals surface area contributed by atoms with Crippen molar-refractivity contribution in [1.29, 1.82) is 0 Å². The Kier molecular flexibility index (Phi) is 6.32. The van der Waals surface area contributed by atoms with Crippen molar-refractivity contribution in [2.75, 3.05) is 5.32 Å². The number of fused-ring (bicyclic) bond motifs is 1. The minimum absolute atomic E-state index is 0.0771. The van der Waals surface area contributed by atoms with Crippen molar-refractivity contribution in [3.8, 4) is 5.75 Å². The Hall–Kier alpha value is -3.44. The molecule has 1 atom stereocenters. The molecule has 0 bridgehead atoms. The summed E-state index contributed by atoms with van der Waals surface area (Å²) in [5, 5.41) is 2.55. The zero-order valence-corrected chi connectivity index (χ0v) is 18.2. The number of benzene rings is 3. The second-order valence-corrected chi connectivity index (χ2v) is 9.44. The van der Waals surface area contributed by atoms with Gasteiger partial charge in [-0.2, -0.15) is 4.31 Å². The Morgan fingerprint density at radius 2 is 1.56 bits per heavy atom. The highest BCUT2D eigenvalue weighted by atomic mass is 32.2. The lowest BCUT2D eigenvalue weighted by Gasteiger charge is -2.35. The number of ether oxygens (including phenoxy) is 1. The molecule has 1 amide bonds. The summed E-state index contributed by atoms with van der Waals surface area (Å²) in [5.41, 5.74) is 1.69. The van der Waals surface area contributed by atoms with Crippen LogP contribution in [-0.2, 0) is 27.8 Å². The van der Waals surface area contributed by atoms with E-state index in [1.807, 2.05) is 0 Å². The second-order valence-electron chi connectivity index (χ2n) is 7.55. The molecule has 1 N–H and O–H groups in total. The maximum atomic E-state index is 13.4. The third-order valence-electron chi connectivity index (χ3n) is 5.28. The zero-order valence-electron chi connectivity index (χ0n) is 17.4. The first-order valence-electron chi connectivity index (χ1n) is 10.0.